The fourth-order valence-corrected chi connectivity index (χ4v) is 4.55. The molecule has 184 valence electrons. The molecule has 2 unspecified atom stereocenters. The van der Waals surface area contributed by atoms with Crippen molar-refractivity contribution in [3.8, 4) is 0 Å². The number of allylic oxidation sites excluding steroid dienone is 2. The molecule has 0 amide bonds. The molecule has 0 nitrogen and oxygen atoms in total. The van der Waals surface area contributed by atoms with E-state index in [-0.39, 0.29) is 0 Å². The van der Waals surface area contributed by atoms with Crippen LogP contribution in [0.2, 0.25) is 0 Å². The van der Waals surface area contributed by atoms with Crippen LogP contribution in [0.5, 0.6) is 0 Å². The zero-order chi connectivity index (χ0) is 24.4. The first-order valence-corrected chi connectivity index (χ1v) is 13.7. The Bertz CT molecular complexity index is 621. The molecule has 32 heavy (non-hydrogen) atoms. The van der Waals surface area contributed by atoms with E-state index in [1.54, 1.807) is 0 Å². The average Bonchev–Trinajstić information content (AvgIpc) is 2.77. The second kappa shape index (κ2) is 19.2. The molecule has 0 heteroatoms. The SMILES string of the molecule is C=C(C)CCCC(=C)CCCc1ccc(C)c(C)c1.CC.CCCCC1CCCCC1C. The van der Waals surface area contributed by atoms with Crippen LogP contribution in [0.15, 0.2) is 42.5 Å². The lowest BCUT2D eigenvalue weighted by atomic mass is 9.78. The van der Waals surface area contributed by atoms with Crippen LogP contribution in [0.4, 0.5) is 0 Å². The minimum absolute atomic E-state index is 1.02. The van der Waals surface area contributed by atoms with E-state index in [1.165, 1.54) is 92.0 Å². The number of aryl methyl sites for hydroxylation is 3. The Balaban J connectivity index is 0.000000626. The van der Waals surface area contributed by atoms with Crippen molar-refractivity contribution < 1.29 is 0 Å². The monoisotopic (exact) mass is 440 g/mol. The highest BCUT2D eigenvalue weighted by atomic mass is 14.3. The van der Waals surface area contributed by atoms with E-state index in [0.717, 1.165) is 31.1 Å². The molecule has 0 spiro atoms. The molecule has 0 saturated heterocycles. The maximum atomic E-state index is 4.18. The second-order valence-electron chi connectivity index (χ2n) is 10.00. The standard InChI is InChI=1S/C19H28.C11H22.C2H6/c1-15(2)8-6-9-16(3)10-7-11-19-13-12-17(4)18(5)14-19;1-3-4-8-11-9-6-5-7-10(11)2;1-2/h12-14H,1,3,6-11H2,2,4-5H3;10-11H,3-9H2,1-2H3;1-2H3. The highest BCUT2D eigenvalue weighted by Gasteiger charge is 2.19. The number of benzene rings is 1. The molecule has 0 radical (unpaired) electrons. The van der Waals surface area contributed by atoms with E-state index in [0.29, 0.717) is 0 Å². The average molecular weight is 441 g/mol. The van der Waals surface area contributed by atoms with Crippen molar-refractivity contribution in [1.82, 2.24) is 0 Å². The van der Waals surface area contributed by atoms with E-state index >= 15 is 0 Å². The maximum Gasteiger partial charge on any atom is -0.0276 e. The van der Waals surface area contributed by atoms with Gasteiger partial charge in [0.15, 0.2) is 0 Å². The van der Waals surface area contributed by atoms with Crippen LogP contribution in [-0.4, -0.2) is 0 Å². The third kappa shape index (κ3) is 14.7. The molecule has 0 bridgehead atoms. The van der Waals surface area contributed by atoms with Crippen LogP contribution in [0.1, 0.15) is 128 Å². The minimum atomic E-state index is 1.02. The maximum absolute atomic E-state index is 4.18. The lowest BCUT2D eigenvalue weighted by Gasteiger charge is -2.28. The van der Waals surface area contributed by atoms with Crippen LogP contribution in [-0.2, 0) is 6.42 Å². The molecular formula is C32H56. The first kappa shape index (κ1) is 30.7. The molecule has 1 aromatic rings. The van der Waals surface area contributed by atoms with Crippen LogP contribution < -0.4 is 0 Å². The number of hydrogen-bond acceptors (Lipinski definition) is 0. The van der Waals surface area contributed by atoms with Crippen LogP contribution in [0, 0.1) is 25.7 Å². The summed E-state index contributed by atoms with van der Waals surface area (Å²) in [7, 11) is 0. The van der Waals surface area contributed by atoms with Gasteiger partial charge in [-0.1, -0.05) is 109 Å². The van der Waals surface area contributed by atoms with Crippen molar-refractivity contribution in [3.05, 3.63) is 59.2 Å². The minimum Gasteiger partial charge on any atom is -0.100 e. The quantitative estimate of drug-likeness (QED) is 0.300. The van der Waals surface area contributed by atoms with Gasteiger partial charge in [0.25, 0.3) is 0 Å². The van der Waals surface area contributed by atoms with Crippen molar-refractivity contribution in [3.63, 3.8) is 0 Å². The number of hydrogen-bond donors (Lipinski definition) is 0. The van der Waals surface area contributed by atoms with Gasteiger partial charge < -0.3 is 0 Å². The highest BCUT2D eigenvalue weighted by molar-refractivity contribution is 5.30. The van der Waals surface area contributed by atoms with Gasteiger partial charge in [-0.15, -0.1) is 6.58 Å². The molecule has 1 saturated carbocycles. The summed E-state index contributed by atoms with van der Waals surface area (Å²) in [4.78, 5) is 0. The zero-order valence-electron chi connectivity index (χ0n) is 23.0. The van der Waals surface area contributed by atoms with Gasteiger partial charge >= 0.3 is 0 Å². The molecule has 1 aliphatic rings. The van der Waals surface area contributed by atoms with E-state index < -0.39 is 0 Å². The van der Waals surface area contributed by atoms with Crippen LogP contribution >= 0.6 is 0 Å². The summed E-state index contributed by atoms with van der Waals surface area (Å²) < 4.78 is 0. The predicted octanol–water partition coefficient (Wildman–Crippen LogP) is 11.0. The van der Waals surface area contributed by atoms with Crippen molar-refractivity contribution in [2.24, 2.45) is 11.8 Å². The second-order valence-corrected chi connectivity index (χ2v) is 10.00. The van der Waals surface area contributed by atoms with E-state index in [9.17, 15) is 0 Å². The van der Waals surface area contributed by atoms with E-state index in [4.69, 9.17) is 0 Å². The molecule has 0 heterocycles. The van der Waals surface area contributed by atoms with Gasteiger partial charge in [0.1, 0.15) is 0 Å². The molecular weight excluding hydrogens is 384 g/mol. The van der Waals surface area contributed by atoms with Crippen LogP contribution in [0.3, 0.4) is 0 Å². The molecule has 1 aromatic carbocycles. The van der Waals surface area contributed by atoms with Crippen molar-refractivity contribution in [1.29, 1.82) is 0 Å². The Morgan fingerprint density at radius 1 is 0.906 bits per heavy atom. The third-order valence-electron chi connectivity index (χ3n) is 6.92. The summed E-state index contributed by atoms with van der Waals surface area (Å²) in [5.41, 5.74) is 6.91. The van der Waals surface area contributed by atoms with Gasteiger partial charge in [-0.05, 0) is 87.8 Å². The lowest BCUT2D eigenvalue weighted by Crippen LogP contribution is -2.16. The Kier molecular flexibility index (Phi) is 18.4. The predicted molar refractivity (Wildman–Crippen MR) is 149 cm³/mol. The van der Waals surface area contributed by atoms with Gasteiger partial charge in [0.05, 0.1) is 0 Å². The summed E-state index contributed by atoms with van der Waals surface area (Å²) in [5.74, 6) is 2.10. The summed E-state index contributed by atoms with van der Waals surface area (Å²) in [5, 5.41) is 0. The Labute approximate surface area is 203 Å². The Morgan fingerprint density at radius 3 is 2.16 bits per heavy atom. The number of unbranched alkanes of at least 4 members (excludes halogenated alkanes) is 1. The summed E-state index contributed by atoms with van der Waals surface area (Å²) in [6.07, 6.45) is 17.4. The molecule has 0 aromatic heterocycles. The van der Waals surface area contributed by atoms with Crippen molar-refractivity contribution >= 4 is 0 Å². The first-order chi connectivity index (χ1) is 15.3. The third-order valence-corrected chi connectivity index (χ3v) is 6.92. The fourth-order valence-electron chi connectivity index (χ4n) is 4.55. The Morgan fingerprint density at radius 2 is 1.56 bits per heavy atom. The van der Waals surface area contributed by atoms with Gasteiger partial charge in [0.2, 0.25) is 0 Å². The molecule has 1 aliphatic carbocycles. The molecule has 2 atom stereocenters. The summed E-state index contributed by atoms with van der Waals surface area (Å²) >= 11 is 0. The molecule has 0 aliphatic heterocycles. The number of rotatable bonds is 11. The van der Waals surface area contributed by atoms with E-state index in [2.05, 4.69) is 66.0 Å². The topological polar surface area (TPSA) is 0 Å². The molecule has 1 fully saturated rings. The van der Waals surface area contributed by atoms with E-state index in [1.807, 2.05) is 13.8 Å². The lowest BCUT2D eigenvalue weighted by molar-refractivity contribution is 0.237. The van der Waals surface area contributed by atoms with Crippen molar-refractivity contribution in [2.45, 2.75) is 132 Å². The Hall–Kier alpha value is -1.30. The smallest absolute Gasteiger partial charge is 0.0276 e. The van der Waals surface area contributed by atoms with Gasteiger partial charge in [-0.3, -0.25) is 0 Å². The first-order valence-electron chi connectivity index (χ1n) is 13.7. The van der Waals surface area contributed by atoms with Crippen molar-refractivity contribution in [2.75, 3.05) is 0 Å². The summed E-state index contributed by atoms with van der Waals surface area (Å²) in [6, 6.07) is 6.80. The van der Waals surface area contributed by atoms with Gasteiger partial charge in [-0.25, -0.2) is 0 Å². The van der Waals surface area contributed by atoms with Gasteiger partial charge in [-0.2, -0.15) is 0 Å². The largest absolute Gasteiger partial charge is 0.100 e. The van der Waals surface area contributed by atoms with Crippen LogP contribution in [0.25, 0.3) is 0 Å². The normalized spacial score (nSPS) is 17.5. The highest BCUT2D eigenvalue weighted by Crippen LogP contribution is 2.32. The fraction of sp³-hybridized carbons (Fsp3) is 0.688. The molecule has 2 rings (SSSR count). The van der Waals surface area contributed by atoms with Gasteiger partial charge in [0, 0.05) is 0 Å². The molecule has 0 N–H and O–H groups in total. The zero-order valence-corrected chi connectivity index (χ0v) is 23.0. The summed E-state index contributed by atoms with van der Waals surface area (Å²) in [6.45, 7) is 23.3.